The van der Waals surface area contributed by atoms with Gasteiger partial charge in [-0.3, -0.25) is 9.59 Å². The molecule has 0 aliphatic heterocycles. The third kappa shape index (κ3) is 3.28. The smallest absolute Gasteiger partial charge is 0.323 e. The first-order chi connectivity index (χ1) is 9.60. The van der Waals surface area contributed by atoms with E-state index in [0.717, 1.165) is 5.57 Å². The van der Waals surface area contributed by atoms with Crippen molar-refractivity contribution in [1.82, 2.24) is 0 Å². The second kappa shape index (κ2) is 6.18. The number of allylic oxidation sites excluding steroid dienone is 2. The molecule has 0 aromatic rings. The summed E-state index contributed by atoms with van der Waals surface area (Å²) in [5, 5.41) is 10.7. The van der Waals surface area contributed by atoms with Crippen LogP contribution >= 0.6 is 0 Å². The second-order valence-corrected chi connectivity index (χ2v) is 6.50. The predicted molar refractivity (Wildman–Crippen MR) is 78.4 cm³/mol. The van der Waals surface area contributed by atoms with Gasteiger partial charge in [0.25, 0.3) is 0 Å². The van der Waals surface area contributed by atoms with Crippen LogP contribution in [0.25, 0.3) is 0 Å². The van der Waals surface area contributed by atoms with Gasteiger partial charge in [0.2, 0.25) is 0 Å². The fourth-order valence-corrected chi connectivity index (χ4v) is 3.30. The minimum absolute atomic E-state index is 0.00755. The van der Waals surface area contributed by atoms with Crippen LogP contribution in [0.2, 0.25) is 0 Å². The molecule has 0 bridgehead atoms. The number of aliphatic hydroxyl groups is 1. The highest BCUT2D eigenvalue weighted by atomic mass is 16.5. The van der Waals surface area contributed by atoms with Gasteiger partial charge < -0.3 is 14.6 Å². The predicted octanol–water partition coefficient (Wildman–Crippen LogP) is 2.08. The molecule has 120 valence electrons. The standard InChI is InChI=1S/C16H26O5/c1-10(2)7-12-8-16(13(17)20-5,14(18)21-6)9-15(4,19)11(12)3/h7,11-12,19H,8-9H2,1-6H3/t11-,12-,15-/m1/s1. The molecule has 1 saturated carbocycles. The third-order valence-electron chi connectivity index (χ3n) is 4.57. The van der Waals surface area contributed by atoms with E-state index in [-0.39, 0.29) is 24.7 Å². The largest absolute Gasteiger partial charge is 0.468 e. The maximum Gasteiger partial charge on any atom is 0.323 e. The van der Waals surface area contributed by atoms with Gasteiger partial charge in [0.15, 0.2) is 5.41 Å². The molecule has 1 aliphatic carbocycles. The minimum atomic E-state index is -1.45. The van der Waals surface area contributed by atoms with E-state index in [4.69, 9.17) is 9.47 Å². The van der Waals surface area contributed by atoms with Crippen molar-refractivity contribution < 1.29 is 24.2 Å². The van der Waals surface area contributed by atoms with E-state index in [1.807, 2.05) is 26.8 Å². The van der Waals surface area contributed by atoms with Gasteiger partial charge in [-0.15, -0.1) is 0 Å². The van der Waals surface area contributed by atoms with Gasteiger partial charge in [0.05, 0.1) is 19.8 Å². The highest BCUT2D eigenvalue weighted by Crippen LogP contribution is 2.49. The van der Waals surface area contributed by atoms with Crippen molar-refractivity contribution in [1.29, 1.82) is 0 Å². The number of hydrogen-bond donors (Lipinski definition) is 1. The molecule has 0 radical (unpaired) electrons. The zero-order valence-corrected chi connectivity index (χ0v) is 13.7. The summed E-state index contributed by atoms with van der Waals surface area (Å²) in [6.45, 7) is 7.49. The lowest BCUT2D eigenvalue weighted by molar-refractivity contribution is -0.185. The van der Waals surface area contributed by atoms with Crippen molar-refractivity contribution in [3.8, 4) is 0 Å². The van der Waals surface area contributed by atoms with Gasteiger partial charge in [-0.25, -0.2) is 0 Å². The van der Waals surface area contributed by atoms with Gasteiger partial charge in [0.1, 0.15) is 0 Å². The normalized spacial score (nSPS) is 31.2. The Hall–Kier alpha value is -1.36. The van der Waals surface area contributed by atoms with Crippen LogP contribution < -0.4 is 0 Å². The van der Waals surface area contributed by atoms with E-state index in [9.17, 15) is 14.7 Å². The Morgan fingerprint density at radius 2 is 1.67 bits per heavy atom. The van der Waals surface area contributed by atoms with Crippen LogP contribution in [0.4, 0.5) is 0 Å². The number of esters is 2. The van der Waals surface area contributed by atoms with Crippen LogP contribution in [0.3, 0.4) is 0 Å². The summed E-state index contributed by atoms with van der Waals surface area (Å²) in [4.78, 5) is 24.5. The Morgan fingerprint density at radius 3 is 2.05 bits per heavy atom. The molecule has 3 atom stereocenters. The summed E-state index contributed by atoms with van der Waals surface area (Å²) >= 11 is 0. The molecule has 0 aromatic heterocycles. The number of ether oxygens (including phenoxy) is 2. The molecule has 0 saturated heterocycles. The van der Waals surface area contributed by atoms with Crippen molar-refractivity contribution in [3.63, 3.8) is 0 Å². The first kappa shape index (κ1) is 17.7. The Morgan fingerprint density at radius 1 is 1.19 bits per heavy atom. The molecular formula is C16H26O5. The molecule has 1 fully saturated rings. The molecule has 0 aromatic carbocycles. The van der Waals surface area contributed by atoms with Crippen LogP contribution in [0, 0.1) is 17.3 Å². The van der Waals surface area contributed by atoms with Crippen molar-refractivity contribution in [3.05, 3.63) is 11.6 Å². The summed E-state index contributed by atoms with van der Waals surface area (Å²) in [5.74, 6) is -1.46. The van der Waals surface area contributed by atoms with E-state index in [1.54, 1.807) is 6.92 Å². The van der Waals surface area contributed by atoms with Crippen molar-refractivity contribution in [2.45, 2.75) is 46.1 Å². The minimum Gasteiger partial charge on any atom is -0.468 e. The zero-order valence-electron chi connectivity index (χ0n) is 13.7. The van der Waals surface area contributed by atoms with E-state index in [2.05, 4.69) is 0 Å². The maximum absolute atomic E-state index is 12.3. The summed E-state index contributed by atoms with van der Waals surface area (Å²) in [6, 6.07) is 0. The van der Waals surface area contributed by atoms with Gasteiger partial charge in [-0.1, -0.05) is 18.6 Å². The average molecular weight is 298 g/mol. The summed E-state index contributed by atoms with van der Waals surface area (Å²) in [7, 11) is 2.49. The highest BCUT2D eigenvalue weighted by molar-refractivity contribution is 6.00. The molecular weight excluding hydrogens is 272 g/mol. The fourth-order valence-electron chi connectivity index (χ4n) is 3.30. The number of carbonyl (C=O) groups excluding carboxylic acids is 2. The maximum atomic E-state index is 12.3. The SMILES string of the molecule is COC(=O)C1(C(=O)OC)C[C@@H](C=C(C)C)[C@@H](C)[C@](C)(O)C1. The zero-order chi connectivity index (χ0) is 16.4. The highest BCUT2D eigenvalue weighted by Gasteiger charge is 2.58. The molecule has 1 rings (SSSR count). The lowest BCUT2D eigenvalue weighted by Crippen LogP contribution is -2.55. The summed E-state index contributed by atoms with van der Waals surface area (Å²) in [6.07, 6.45) is 2.29. The van der Waals surface area contributed by atoms with Gasteiger partial charge >= 0.3 is 11.9 Å². The van der Waals surface area contributed by atoms with E-state index >= 15 is 0 Å². The molecule has 0 heterocycles. The number of hydrogen-bond acceptors (Lipinski definition) is 5. The molecule has 5 nitrogen and oxygen atoms in total. The van der Waals surface area contributed by atoms with Crippen LogP contribution in [0.15, 0.2) is 11.6 Å². The summed E-state index contributed by atoms with van der Waals surface area (Å²) < 4.78 is 9.65. The van der Waals surface area contributed by atoms with E-state index in [1.165, 1.54) is 14.2 Å². The second-order valence-electron chi connectivity index (χ2n) is 6.50. The summed E-state index contributed by atoms with van der Waals surface area (Å²) in [5.41, 5.74) is -1.53. The molecule has 0 spiro atoms. The lowest BCUT2D eigenvalue weighted by Gasteiger charge is -2.47. The topological polar surface area (TPSA) is 72.8 Å². The monoisotopic (exact) mass is 298 g/mol. The van der Waals surface area contributed by atoms with Crippen LogP contribution in [0.1, 0.15) is 40.5 Å². The Bertz CT molecular complexity index is 430. The fraction of sp³-hybridized carbons (Fsp3) is 0.750. The molecule has 0 amide bonds. The first-order valence-electron chi connectivity index (χ1n) is 7.15. The Kier molecular flexibility index (Phi) is 5.20. The first-order valence-corrected chi connectivity index (χ1v) is 7.15. The molecule has 5 heteroatoms. The van der Waals surface area contributed by atoms with Gasteiger partial charge in [-0.2, -0.15) is 0 Å². The Labute approximate surface area is 126 Å². The number of rotatable bonds is 3. The van der Waals surface area contributed by atoms with Crippen molar-refractivity contribution in [2.24, 2.45) is 17.3 Å². The molecule has 21 heavy (non-hydrogen) atoms. The van der Waals surface area contributed by atoms with Crippen molar-refractivity contribution >= 4 is 11.9 Å². The third-order valence-corrected chi connectivity index (χ3v) is 4.57. The van der Waals surface area contributed by atoms with E-state index in [0.29, 0.717) is 0 Å². The quantitative estimate of drug-likeness (QED) is 0.490. The number of methoxy groups -OCH3 is 2. The average Bonchev–Trinajstić information content (AvgIpc) is 2.40. The Balaban J connectivity index is 3.35. The van der Waals surface area contributed by atoms with Crippen molar-refractivity contribution in [2.75, 3.05) is 14.2 Å². The van der Waals surface area contributed by atoms with Crippen LogP contribution in [-0.2, 0) is 19.1 Å². The number of carbonyl (C=O) groups is 2. The molecule has 1 N–H and O–H groups in total. The van der Waals surface area contributed by atoms with E-state index < -0.39 is 23.0 Å². The molecule has 1 aliphatic rings. The van der Waals surface area contributed by atoms with Gasteiger partial charge in [-0.05, 0) is 39.0 Å². The van der Waals surface area contributed by atoms with Crippen LogP contribution in [0.5, 0.6) is 0 Å². The van der Waals surface area contributed by atoms with Crippen LogP contribution in [-0.4, -0.2) is 36.9 Å². The molecule has 0 unspecified atom stereocenters. The lowest BCUT2D eigenvalue weighted by atomic mass is 9.59. The van der Waals surface area contributed by atoms with Gasteiger partial charge in [0, 0.05) is 6.42 Å².